The number of ketones is 1. The Morgan fingerprint density at radius 3 is 2.81 bits per heavy atom. The zero-order valence-electron chi connectivity index (χ0n) is 8.93. The van der Waals surface area contributed by atoms with Gasteiger partial charge in [-0.1, -0.05) is 6.07 Å². The number of nitrogens with zero attached hydrogens (tertiary/aromatic N) is 2. The molecule has 2 aromatic heterocycles. The molecule has 0 fully saturated rings. The lowest BCUT2D eigenvalue weighted by molar-refractivity contribution is 0.101. The predicted molar refractivity (Wildman–Crippen MR) is 62.8 cm³/mol. The van der Waals surface area contributed by atoms with Gasteiger partial charge in [-0.2, -0.15) is 5.10 Å². The summed E-state index contributed by atoms with van der Waals surface area (Å²) in [6, 6.07) is 5.36. The highest BCUT2D eigenvalue weighted by Crippen LogP contribution is 2.22. The van der Waals surface area contributed by atoms with Gasteiger partial charge in [0.1, 0.15) is 5.69 Å². The third kappa shape index (κ3) is 1.81. The summed E-state index contributed by atoms with van der Waals surface area (Å²) < 4.78 is 1.20. The summed E-state index contributed by atoms with van der Waals surface area (Å²) in [7, 11) is 1.55. The van der Waals surface area contributed by atoms with Gasteiger partial charge in [0.2, 0.25) is 0 Å². The van der Waals surface area contributed by atoms with Gasteiger partial charge in [0.05, 0.1) is 10.4 Å². The van der Waals surface area contributed by atoms with Crippen LogP contribution in [0.1, 0.15) is 17.3 Å². The van der Waals surface area contributed by atoms with Gasteiger partial charge < -0.3 is 0 Å². The van der Waals surface area contributed by atoms with Crippen LogP contribution in [0.3, 0.4) is 0 Å². The number of thiophene rings is 1. The van der Waals surface area contributed by atoms with E-state index in [4.69, 9.17) is 0 Å². The molecule has 0 aromatic carbocycles. The first kappa shape index (κ1) is 10.8. The van der Waals surface area contributed by atoms with Crippen molar-refractivity contribution in [3.05, 3.63) is 39.5 Å². The summed E-state index contributed by atoms with van der Waals surface area (Å²) in [4.78, 5) is 23.9. The predicted octanol–water partition coefficient (Wildman–Crippen LogP) is 1.71. The van der Waals surface area contributed by atoms with Crippen molar-refractivity contribution in [3.63, 3.8) is 0 Å². The lowest BCUT2D eigenvalue weighted by Gasteiger charge is -2.03. The molecule has 0 saturated carbocycles. The summed E-state index contributed by atoms with van der Waals surface area (Å²) in [5.74, 6) is -0.235. The van der Waals surface area contributed by atoms with E-state index >= 15 is 0 Å². The lowest BCUT2D eigenvalue weighted by Crippen LogP contribution is -2.25. The number of hydrogen-bond acceptors (Lipinski definition) is 4. The number of aromatic nitrogens is 2. The minimum Gasteiger partial charge on any atom is -0.294 e. The van der Waals surface area contributed by atoms with Gasteiger partial charge in [-0.25, -0.2) is 4.68 Å². The van der Waals surface area contributed by atoms with Crippen LogP contribution < -0.4 is 5.56 Å². The second-order valence-electron chi connectivity index (χ2n) is 3.41. The van der Waals surface area contributed by atoms with E-state index in [1.807, 2.05) is 17.5 Å². The van der Waals surface area contributed by atoms with Crippen molar-refractivity contribution >= 4 is 17.1 Å². The normalized spacial score (nSPS) is 10.4. The molecule has 0 aliphatic rings. The smallest absolute Gasteiger partial charge is 0.277 e. The molecule has 0 unspecified atom stereocenters. The maximum Gasteiger partial charge on any atom is 0.277 e. The Labute approximate surface area is 96.2 Å². The second-order valence-corrected chi connectivity index (χ2v) is 4.35. The Morgan fingerprint density at radius 2 is 2.25 bits per heavy atom. The van der Waals surface area contributed by atoms with Crippen molar-refractivity contribution in [2.24, 2.45) is 7.05 Å². The first-order chi connectivity index (χ1) is 7.59. The van der Waals surface area contributed by atoms with Crippen molar-refractivity contribution in [3.8, 4) is 10.6 Å². The standard InChI is InChI=1S/C11H10N2O2S/c1-7(14)8-6-9(10-4-3-5-16-10)12-13(2)11(8)15/h3-6H,1-2H3. The number of rotatable bonds is 2. The number of carbonyl (C=O) groups excluding carboxylic acids is 1. The molecule has 4 nitrogen and oxygen atoms in total. The van der Waals surface area contributed by atoms with Crippen LogP contribution in [-0.4, -0.2) is 15.6 Å². The maximum atomic E-state index is 11.6. The van der Waals surface area contributed by atoms with Gasteiger partial charge in [-0.15, -0.1) is 11.3 Å². The molecule has 0 N–H and O–H groups in total. The van der Waals surface area contributed by atoms with Gasteiger partial charge in [0, 0.05) is 7.05 Å². The van der Waals surface area contributed by atoms with Crippen LogP contribution in [0.25, 0.3) is 10.6 Å². The lowest BCUT2D eigenvalue weighted by atomic mass is 10.2. The van der Waals surface area contributed by atoms with Crippen LogP contribution in [0.2, 0.25) is 0 Å². The SMILES string of the molecule is CC(=O)c1cc(-c2cccs2)nn(C)c1=O. The van der Waals surface area contributed by atoms with Crippen LogP contribution in [-0.2, 0) is 7.05 Å². The molecule has 2 heterocycles. The van der Waals surface area contributed by atoms with Crippen LogP contribution in [0.15, 0.2) is 28.4 Å². The van der Waals surface area contributed by atoms with E-state index < -0.39 is 0 Å². The fraction of sp³-hybridized carbons (Fsp3) is 0.182. The summed E-state index contributed by atoms with van der Waals surface area (Å²) in [5, 5.41) is 6.05. The highest BCUT2D eigenvalue weighted by Gasteiger charge is 2.11. The minimum absolute atomic E-state index is 0.181. The van der Waals surface area contributed by atoms with Gasteiger partial charge in [-0.05, 0) is 24.4 Å². The third-order valence-corrected chi connectivity index (χ3v) is 3.11. The maximum absolute atomic E-state index is 11.6. The Hall–Kier alpha value is -1.75. The van der Waals surface area contributed by atoms with E-state index in [1.54, 1.807) is 13.1 Å². The summed E-state index contributed by atoms with van der Waals surface area (Å²) in [6.45, 7) is 1.38. The second kappa shape index (κ2) is 4.02. The average molecular weight is 234 g/mol. The molecule has 0 amide bonds. The summed E-state index contributed by atoms with van der Waals surface area (Å²) in [5.41, 5.74) is 0.482. The Balaban J connectivity index is 2.67. The highest BCUT2D eigenvalue weighted by molar-refractivity contribution is 7.13. The third-order valence-electron chi connectivity index (χ3n) is 2.22. The molecular formula is C11H10N2O2S. The fourth-order valence-corrected chi connectivity index (χ4v) is 2.09. The van der Waals surface area contributed by atoms with E-state index in [1.165, 1.54) is 22.9 Å². The molecule has 0 atom stereocenters. The van der Waals surface area contributed by atoms with Gasteiger partial charge in [-0.3, -0.25) is 9.59 Å². The molecule has 0 saturated heterocycles. The zero-order valence-corrected chi connectivity index (χ0v) is 9.75. The van der Waals surface area contributed by atoms with Crippen LogP contribution >= 0.6 is 11.3 Å². The van der Waals surface area contributed by atoms with Crippen LogP contribution in [0.4, 0.5) is 0 Å². The van der Waals surface area contributed by atoms with Crippen LogP contribution in [0, 0.1) is 0 Å². The van der Waals surface area contributed by atoms with Crippen LogP contribution in [0.5, 0.6) is 0 Å². The molecule has 2 aromatic rings. The van der Waals surface area contributed by atoms with Crippen molar-refractivity contribution in [1.29, 1.82) is 0 Å². The minimum atomic E-state index is -0.354. The van der Waals surface area contributed by atoms with E-state index in [2.05, 4.69) is 5.10 Å². The van der Waals surface area contributed by atoms with E-state index in [-0.39, 0.29) is 16.9 Å². The van der Waals surface area contributed by atoms with Gasteiger partial charge >= 0.3 is 0 Å². The molecule has 0 bridgehead atoms. The number of aryl methyl sites for hydroxylation is 1. The fourth-order valence-electron chi connectivity index (χ4n) is 1.41. The molecule has 0 aliphatic heterocycles. The molecule has 82 valence electrons. The van der Waals surface area contributed by atoms with Gasteiger partial charge in [0.25, 0.3) is 5.56 Å². The largest absolute Gasteiger partial charge is 0.294 e. The molecule has 16 heavy (non-hydrogen) atoms. The Bertz CT molecular complexity index is 585. The van der Waals surface area contributed by atoms with Crippen molar-refractivity contribution in [2.75, 3.05) is 0 Å². The number of carbonyl (C=O) groups is 1. The molecule has 2 rings (SSSR count). The number of hydrogen-bond donors (Lipinski definition) is 0. The molecule has 0 radical (unpaired) electrons. The monoisotopic (exact) mass is 234 g/mol. The Kier molecular flexibility index (Phi) is 2.70. The first-order valence-corrected chi connectivity index (χ1v) is 5.60. The molecule has 5 heteroatoms. The van der Waals surface area contributed by atoms with E-state index in [0.29, 0.717) is 5.69 Å². The first-order valence-electron chi connectivity index (χ1n) is 4.73. The Morgan fingerprint density at radius 1 is 1.50 bits per heavy atom. The topological polar surface area (TPSA) is 52.0 Å². The number of Topliss-reactive ketones (excluding diaryl/α,β-unsaturated/α-hetero) is 1. The summed E-state index contributed by atoms with van der Waals surface area (Å²) in [6.07, 6.45) is 0. The van der Waals surface area contributed by atoms with Gasteiger partial charge in [0.15, 0.2) is 5.78 Å². The highest BCUT2D eigenvalue weighted by atomic mass is 32.1. The molecule has 0 spiro atoms. The average Bonchev–Trinajstić information content (AvgIpc) is 2.74. The van der Waals surface area contributed by atoms with E-state index in [9.17, 15) is 9.59 Å². The van der Waals surface area contributed by atoms with Crippen molar-refractivity contribution in [1.82, 2.24) is 9.78 Å². The molecular weight excluding hydrogens is 224 g/mol. The van der Waals surface area contributed by atoms with Crippen molar-refractivity contribution in [2.45, 2.75) is 6.92 Å². The van der Waals surface area contributed by atoms with E-state index in [0.717, 1.165) is 4.88 Å². The zero-order chi connectivity index (χ0) is 11.7. The quantitative estimate of drug-likeness (QED) is 0.743. The molecule has 0 aliphatic carbocycles. The summed E-state index contributed by atoms with van der Waals surface area (Å²) >= 11 is 1.52. The van der Waals surface area contributed by atoms with Crippen molar-refractivity contribution < 1.29 is 4.79 Å².